The van der Waals surface area contributed by atoms with Crippen LogP contribution in [0.3, 0.4) is 0 Å². The minimum absolute atomic E-state index is 0.0303. The summed E-state index contributed by atoms with van der Waals surface area (Å²) < 4.78 is 54.3. The van der Waals surface area contributed by atoms with E-state index in [1.807, 2.05) is 12.1 Å². The number of hydrogen-bond donors (Lipinski definition) is 0. The monoisotopic (exact) mass is 468 g/mol. The lowest BCUT2D eigenvalue weighted by Crippen LogP contribution is -2.16. The summed E-state index contributed by atoms with van der Waals surface area (Å²) in [5.41, 5.74) is 0.364. The van der Waals surface area contributed by atoms with Crippen LogP contribution in [0.1, 0.15) is 59.2 Å². The minimum atomic E-state index is -4.76. The summed E-state index contributed by atoms with van der Waals surface area (Å²) in [6.45, 7) is -0.118. The number of alkyl halides is 3. The Morgan fingerprint density at radius 3 is 1.91 bits per heavy atom. The van der Waals surface area contributed by atoms with Gasteiger partial charge in [-0.3, -0.25) is 4.79 Å². The molecular weight excluding hydrogens is 441 g/mol. The van der Waals surface area contributed by atoms with Crippen molar-refractivity contribution in [1.29, 1.82) is 0 Å². The number of carbonyl (C=O) groups excluding carboxylic acids is 1. The average molecular weight is 469 g/mol. The van der Waals surface area contributed by atoms with Gasteiger partial charge in [0.25, 0.3) is 0 Å². The van der Waals surface area contributed by atoms with E-state index in [0.717, 1.165) is 31.2 Å². The van der Waals surface area contributed by atoms with E-state index >= 15 is 0 Å². The molecule has 4 rings (SSSR count). The predicted octanol–water partition coefficient (Wildman–Crippen LogP) is 7.63. The highest BCUT2D eigenvalue weighted by molar-refractivity contribution is 5.99. The van der Waals surface area contributed by atoms with Crippen molar-refractivity contribution in [1.82, 2.24) is 0 Å². The van der Waals surface area contributed by atoms with Gasteiger partial charge in [0.2, 0.25) is 0 Å². The number of ketones is 1. The Hall–Kier alpha value is -3.28. The molecular formula is C28H27F3O3. The smallest absolute Gasteiger partial charge is 0.423 e. The van der Waals surface area contributed by atoms with E-state index in [9.17, 15) is 18.0 Å². The van der Waals surface area contributed by atoms with E-state index in [4.69, 9.17) is 9.47 Å². The van der Waals surface area contributed by atoms with Crippen molar-refractivity contribution < 1.29 is 27.4 Å². The molecule has 0 aliphatic heterocycles. The third-order valence-electron chi connectivity index (χ3n) is 6.12. The van der Waals surface area contributed by atoms with Gasteiger partial charge in [-0.2, -0.15) is 13.2 Å². The van der Waals surface area contributed by atoms with Crippen molar-refractivity contribution in [2.24, 2.45) is 5.92 Å². The summed E-state index contributed by atoms with van der Waals surface area (Å²) in [4.78, 5) is 13.1. The Kier molecular flexibility index (Phi) is 7.56. The lowest BCUT2D eigenvalue weighted by Gasteiger charge is -2.21. The maximum atomic E-state index is 14.3. The highest BCUT2D eigenvalue weighted by Crippen LogP contribution is 2.45. The first-order valence-corrected chi connectivity index (χ1v) is 11.5. The normalized spacial score (nSPS) is 14.2. The standard InChI is InChI=1S/C28H27F3O3/c29-28(30,31)26-25(33-18-21-11-3-1-4-12-21)16-15-23(24(32)17-20-9-7-8-10-20)27(26)34-19-22-13-5-2-6-14-22/h1-6,11-16,20H,7-10,17-19H2. The van der Waals surface area contributed by atoms with E-state index in [2.05, 4.69) is 0 Å². The number of hydrogen-bond acceptors (Lipinski definition) is 3. The van der Waals surface area contributed by atoms with Gasteiger partial charge in [-0.1, -0.05) is 86.3 Å². The Bertz CT molecular complexity index is 1090. The molecule has 0 heterocycles. The Morgan fingerprint density at radius 1 is 0.794 bits per heavy atom. The zero-order valence-electron chi connectivity index (χ0n) is 18.8. The summed E-state index contributed by atoms with van der Waals surface area (Å²) in [6, 6.07) is 20.5. The largest absolute Gasteiger partial charge is 0.488 e. The van der Waals surface area contributed by atoms with Crippen LogP contribution in [-0.2, 0) is 19.4 Å². The Labute approximate surface area is 197 Å². The molecule has 3 nitrogen and oxygen atoms in total. The number of ether oxygens (including phenoxy) is 2. The summed E-state index contributed by atoms with van der Waals surface area (Å²) >= 11 is 0. The predicted molar refractivity (Wildman–Crippen MR) is 124 cm³/mol. The van der Waals surface area contributed by atoms with Gasteiger partial charge in [0.1, 0.15) is 30.3 Å². The van der Waals surface area contributed by atoms with E-state index in [-0.39, 0.29) is 42.6 Å². The van der Waals surface area contributed by atoms with E-state index < -0.39 is 17.5 Å². The third kappa shape index (κ3) is 5.99. The molecule has 0 radical (unpaired) electrons. The molecule has 1 fully saturated rings. The summed E-state index contributed by atoms with van der Waals surface area (Å²) in [6.07, 6.45) is -0.581. The van der Waals surface area contributed by atoms with Gasteiger partial charge in [0, 0.05) is 6.42 Å². The second kappa shape index (κ2) is 10.8. The third-order valence-corrected chi connectivity index (χ3v) is 6.12. The molecule has 6 heteroatoms. The van der Waals surface area contributed by atoms with Crippen molar-refractivity contribution in [3.63, 3.8) is 0 Å². The van der Waals surface area contributed by atoms with Crippen LogP contribution >= 0.6 is 0 Å². The SMILES string of the molecule is O=C(CC1CCCC1)c1ccc(OCc2ccccc2)c(C(F)(F)F)c1OCc1ccccc1. The summed E-state index contributed by atoms with van der Waals surface area (Å²) in [7, 11) is 0. The van der Waals surface area contributed by atoms with Gasteiger partial charge < -0.3 is 9.47 Å². The molecule has 3 aromatic rings. The lowest BCUT2D eigenvalue weighted by molar-refractivity contribution is -0.140. The van der Waals surface area contributed by atoms with Crippen LogP contribution in [0.5, 0.6) is 11.5 Å². The molecule has 0 saturated heterocycles. The molecule has 0 amide bonds. The molecule has 0 bridgehead atoms. The second-order valence-electron chi connectivity index (χ2n) is 8.64. The first-order chi connectivity index (χ1) is 16.4. The fourth-order valence-electron chi connectivity index (χ4n) is 4.37. The van der Waals surface area contributed by atoms with E-state index in [1.165, 1.54) is 12.1 Å². The van der Waals surface area contributed by atoms with Gasteiger partial charge in [-0.15, -0.1) is 0 Å². The number of Topliss-reactive ketones (excluding diaryl/α,β-unsaturated/α-hetero) is 1. The number of benzene rings is 3. The minimum Gasteiger partial charge on any atom is -0.488 e. The van der Waals surface area contributed by atoms with Gasteiger partial charge in [-0.05, 0) is 29.2 Å². The fourth-order valence-corrected chi connectivity index (χ4v) is 4.37. The summed E-state index contributed by atoms with van der Waals surface area (Å²) in [5, 5.41) is 0. The fraction of sp³-hybridized carbons (Fsp3) is 0.321. The van der Waals surface area contributed by atoms with Gasteiger partial charge in [0.05, 0.1) is 5.56 Å². The molecule has 178 valence electrons. The van der Waals surface area contributed by atoms with Crippen LogP contribution in [0.2, 0.25) is 0 Å². The first kappa shape index (κ1) is 23.9. The number of carbonyl (C=O) groups is 1. The van der Waals surface area contributed by atoms with Crippen molar-refractivity contribution in [3.8, 4) is 11.5 Å². The van der Waals surface area contributed by atoms with Crippen LogP contribution < -0.4 is 9.47 Å². The van der Waals surface area contributed by atoms with Crippen molar-refractivity contribution >= 4 is 5.78 Å². The molecule has 0 spiro atoms. The molecule has 3 aromatic carbocycles. The van der Waals surface area contributed by atoms with Crippen molar-refractivity contribution in [2.45, 2.75) is 51.5 Å². The van der Waals surface area contributed by atoms with Crippen LogP contribution in [0.25, 0.3) is 0 Å². The van der Waals surface area contributed by atoms with Crippen molar-refractivity contribution in [3.05, 3.63) is 95.1 Å². The molecule has 1 aliphatic carbocycles. The Balaban J connectivity index is 1.69. The van der Waals surface area contributed by atoms with Crippen LogP contribution in [0, 0.1) is 5.92 Å². The lowest BCUT2D eigenvalue weighted by atomic mass is 9.94. The molecule has 34 heavy (non-hydrogen) atoms. The first-order valence-electron chi connectivity index (χ1n) is 11.5. The van der Waals surface area contributed by atoms with Crippen LogP contribution in [-0.4, -0.2) is 5.78 Å². The second-order valence-corrected chi connectivity index (χ2v) is 8.64. The summed E-state index contributed by atoms with van der Waals surface area (Å²) in [5.74, 6) is -0.922. The van der Waals surface area contributed by atoms with Gasteiger partial charge >= 0.3 is 6.18 Å². The highest BCUT2D eigenvalue weighted by atomic mass is 19.4. The van der Waals surface area contributed by atoms with Gasteiger partial charge in [0.15, 0.2) is 5.78 Å². The zero-order valence-corrected chi connectivity index (χ0v) is 18.8. The topological polar surface area (TPSA) is 35.5 Å². The average Bonchev–Trinajstić information content (AvgIpc) is 3.34. The maximum Gasteiger partial charge on any atom is 0.423 e. The maximum absolute atomic E-state index is 14.3. The molecule has 0 aromatic heterocycles. The van der Waals surface area contributed by atoms with Crippen LogP contribution in [0.4, 0.5) is 13.2 Å². The van der Waals surface area contributed by atoms with Crippen LogP contribution in [0.15, 0.2) is 72.8 Å². The zero-order chi connectivity index (χ0) is 24.0. The highest BCUT2D eigenvalue weighted by Gasteiger charge is 2.40. The number of rotatable bonds is 9. The quantitative estimate of drug-likeness (QED) is 0.303. The molecule has 1 aliphatic rings. The van der Waals surface area contributed by atoms with E-state index in [0.29, 0.717) is 5.56 Å². The molecule has 1 saturated carbocycles. The molecule has 0 N–H and O–H groups in total. The Morgan fingerprint density at radius 2 is 1.35 bits per heavy atom. The molecule has 0 atom stereocenters. The van der Waals surface area contributed by atoms with Crippen molar-refractivity contribution in [2.75, 3.05) is 0 Å². The molecule has 0 unspecified atom stereocenters. The van der Waals surface area contributed by atoms with Gasteiger partial charge in [-0.25, -0.2) is 0 Å². The van der Waals surface area contributed by atoms with E-state index in [1.54, 1.807) is 48.5 Å². The number of halogens is 3.